The van der Waals surface area contributed by atoms with Gasteiger partial charge in [-0.1, -0.05) is 64.7 Å². The highest BCUT2D eigenvalue weighted by atomic mass is 15.2. The standard InChI is InChI=1S/C21H41N5/c1-5-6-7-8-9-10-11-12-13-14-15-23-21-24-19(2)18-20(25-21)22-16-17-26(3)4/h18H,5-17H2,1-4H3,(H2,22,23,24,25). The minimum Gasteiger partial charge on any atom is -0.369 e. The van der Waals surface area contributed by atoms with E-state index in [4.69, 9.17) is 0 Å². The molecule has 0 saturated heterocycles. The van der Waals surface area contributed by atoms with Gasteiger partial charge in [-0.25, -0.2) is 4.98 Å². The van der Waals surface area contributed by atoms with Gasteiger partial charge < -0.3 is 15.5 Å². The minimum absolute atomic E-state index is 0.744. The Kier molecular flexibility index (Phi) is 12.9. The van der Waals surface area contributed by atoms with E-state index in [1.54, 1.807) is 0 Å². The third-order valence-electron chi connectivity index (χ3n) is 4.53. The molecule has 0 aromatic carbocycles. The van der Waals surface area contributed by atoms with Crippen LogP contribution in [0.2, 0.25) is 0 Å². The normalized spacial score (nSPS) is 11.1. The van der Waals surface area contributed by atoms with Gasteiger partial charge in [0.1, 0.15) is 5.82 Å². The summed E-state index contributed by atoms with van der Waals surface area (Å²) in [5.74, 6) is 1.65. The van der Waals surface area contributed by atoms with Crippen LogP contribution in [0.3, 0.4) is 0 Å². The molecule has 1 rings (SSSR count). The van der Waals surface area contributed by atoms with Gasteiger partial charge in [-0.2, -0.15) is 4.98 Å². The Hall–Kier alpha value is -1.36. The van der Waals surface area contributed by atoms with Crippen LogP contribution in [-0.4, -0.2) is 48.6 Å². The SMILES string of the molecule is CCCCCCCCCCCCNc1nc(C)cc(NCCN(C)C)n1. The number of aromatic nitrogens is 2. The van der Waals surface area contributed by atoms with Crippen molar-refractivity contribution in [2.75, 3.05) is 44.4 Å². The van der Waals surface area contributed by atoms with E-state index in [-0.39, 0.29) is 0 Å². The molecule has 0 fully saturated rings. The van der Waals surface area contributed by atoms with E-state index in [1.807, 2.05) is 13.0 Å². The molecule has 0 amide bonds. The highest BCUT2D eigenvalue weighted by molar-refractivity contribution is 5.42. The van der Waals surface area contributed by atoms with E-state index in [9.17, 15) is 0 Å². The van der Waals surface area contributed by atoms with Crippen molar-refractivity contribution in [2.45, 2.75) is 78.1 Å². The van der Waals surface area contributed by atoms with Crippen LogP contribution in [0.1, 0.15) is 76.8 Å². The van der Waals surface area contributed by atoms with Crippen molar-refractivity contribution < 1.29 is 0 Å². The summed E-state index contributed by atoms with van der Waals surface area (Å²) in [4.78, 5) is 11.2. The molecular weight excluding hydrogens is 322 g/mol. The van der Waals surface area contributed by atoms with Crippen LogP contribution >= 0.6 is 0 Å². The number of likely N-dealkylation sites (N-methyl/N-ethyl adjacent to an activating group) is 1. The van der Waals surface area contributed by atoms with Crippen molar-refractivity contribution in [3.05, 3.63) is 11.8 Å². The second-order valence-electron chi connectivity index (χ2n) is 7.56. The Morgan fingerprint density at radius 2 is 1.42 bits per heavy atom. The molecule has 1 aromatic rings. The first-order valence-electron chi connectivity index (χ1n) is 10.6. The van der Waals surface area contributed by atoms with E-state index in [0.29, 0.717) is 0 Å². The number of hydrogen-bond acceptors (Lipinski definition) is 5. The maximum atomic E-state index is 4.56. The van der Waals surface area contributed by atoms with Crippen LogP contribution in [-0.2, 0) is 0 Å². The predicted molar refractivity (Wildman–Crippen MR) is 114 cm³/mol. The Morgan fingerprint density at radius 3 is 2.04 bits per heavy atom. The van der Waals surface area contributed by atoms with Gasteiger partial charge in [-0.15, -0.1) is 0 Å². The lowest BCUT2D eigenvalue weighted by molar-refractivity contribution is 0.425. The van der Waals surface area contributed by atoms with Gasteiger partial charge in [0.25, 0.3) is 0 Å². The van der Waals surface area contributed by atoms with Gasteiger partial charge in [0, 0.05) is 31.4 Å². The fraction of sp³-hybridized carbons (Fsp3) is 0.810. The lowest BCUT2D eigenvalue weighted by Gasteiger charge is -2.12. The van der Waals surface area contributed by atoms with Gasteiger partial charge in [-0.05, 0) is 27.4 Å². The topological polar surface area (TPSA) is 53.1 Å². The number of aryl methyl sites for hydroxylation is 1. The molecular formula is C21H41N5. The number of hydrogen-bond donors (Lipinski definition) is 2. The van der Waals surface area contributed by atoms with Gasteiger partial charge in [0.2, 0.25) is 5.95 Å². The molecule has 0 aliphatic rings. The Morgan fingerprint density at radius 1 is 0.808 bits per heavy atom. The molecule has 2 N–H and O–H groups in total. The lowest BCUT2D eigenvalue weighted by Crippen LogP contribution is -2.21. The monoisotopic (exact) mass is 363 g/mol. The highest BCUT2D eigenvalue weighted by Crippen LogP contribution is 2.12. The first kappa shape index (κ1) is 22.7. The summed E-state index contributed by atoms with van der Waals surface area (Å²) in [5, 5.41) is 6.74. The Labute approximate surface area is 161 Å². The van der Waals surface area contributed by atoms with E-state index < -0.39 is 0 Å². The molecule has 1 aromatic heterocycles. The van der Waals surface area contributed by atoms with Crippen LogP contribution in [0.5, 0.6) is 0 Å². The van der Waals surface area contributed by atoms with Crippen LogP contribution in [0, 0.1) is 6.92 Å². The van der Waals surface area contributed by atoms with Crippen LogP contribution < -0.4 is 10.6 Å². The molecule has 0 radical (unpaired) electrons. The second kappa shape index (κ2) is 14.8. The summed E-state index contributed by atoms with van der Waals surface area (Å²) in [5.41, 5.74) is 0.998. The number of nitrogens with one attached hydrogen (secondary N) is 2. The number of nitrogens with zero attached hydrogens (tertiary/aromatic N) is 3. The number of rotatable bonds is 16. The van der Waals surface area contributed by atoms with Crippen LogP contribution in [0.25, 0.3) is 0 Å². The summed E-state index contributed by atoms with van der Waals surface area (Å²) in [6.45, 7) is 7.13. The average Bonchev–Trinajstić information content (AvgIpc) is 2.59. The van der Waals surface area contributed by atoms with E-state index in [0.717, 1.165) is 37.1 Å². The van der Waals surface area contributed by atoms with Gasteiger partial charge in [0.05, 0.1) is 0 Å². The zero-order chi connectivity index (χ0) is 19.0. The fourth-order valence-corrected chi connectivity index (χ4v) is 2.96. The molecule has 150 valence electrons. The second-order valence-corrected chi connectivity index (χ2v) is 7.56. The molecule has 0 aliphatic heterocycles. The van der Waals surface area contributed by atoms with Crippen LogP contribution in [0.4, 0.5) is 11.8 Å². The number of unbranched alkanes of at least 4 members (excludes halogenated alkanes) is 9. The molecule has 0 bridgehead atoms. The third-order valence-corrected chi connectivity index (χ3v) is 4.53. The molecule has 26 heavy (non-hydrogen) atoms. The lowest BCUT2D eigenvalue weighted by atomic mass is 10.1. The molecule has 0 saturated carbocycles. The summed E-state index contributed by atoms with van der Waals surface area (Å²) in [6, 6.07) is 2.00. The summed E-state index contributed by atoms with van der Waals surface area (Å²) < 4.78 is 0. The van der Waals surface area contributed by atoms with E-state index in [2.05, 4.69) is 46.5 Å². The average molecular weight is 364 g/mol. The van der Waals surface area contributed by atoms with E-state index >= 15 is 0 Å². The largest absolute Gasteiger partial charge is 0.369 e. The van der Waals surface area contributed by atoms with E-state index in [1.165, 1.54) is 64.2 Å². The van der Waals surface area contributed by atoms with Gasteiger partial charge >= 0.3 is 0 Å². The van der Waals surface area contributed by atoms with Crippen molar-refractivity contribution in [3.8, 4) is 0 Å². The van der Waals surface area contributed by atoms with Crippen molar-refractivity contribution in [1.29, 1.82) is 0 Å². The van der Waals surface area contributed by atoms with Crippen molar-refractivity contribution in [3.63, 3.8) is 0 Å². The van der Waals surface area contributed by atoms with Crippen molar-refractivity contribution in [1.82, 2.24) is 14.9 Å². The summed E-state index contributed by atoms with van der Waals surface area (Å²) in [6.07, 6.45) is 13.6. The maximum Gasteiger partial charge on any atom is 0.224 e. The predicted octanol–water partition coefficient (Wildman–Crippen LogP) is 5.09. The molecule has 5 nitrogen and oxygen atoms in total. The fourth-order valence-electron chi connectivity index (χ4n) is 2.96. The Balaban J connectivity index is 2.10. The molecule has 0 aliphatic carbocycles. The molecule has 5 heteroatoms. The smallest absolute Gasteiger partial charge is 0.224 e. The Bertz CT molecular complexity index is 462. The van der Waals surface area contributed by atoms with Gasteiger partial charge in [0.15, 0.2) is 0 Å². The maximum absolute atomic E-state index is 4.56. The summed E-state index contributed by atoms with van der Waals surface area (Å²) in [7, 11) is 4.15. The zero-order valence-electron chi connectivity index (χ0n) is 17.6. The first-order chi connectivity index (χ1) is 12.6. The first-order valence-corrected chi connectivity index (χ1v) is 10.6. The third kappa shape index (κ3) is 12.1. The van der Waals surface area contributed by atoms with Gasteiger partial charge in [-0.3, -0.25) is 0 Å². The highest BCUT2D eigenvalue weighted by Gasteiger charge is 2.02. The minimum atomic E-state index is 0.744. The molecule has 1 heterocycles. The molecule has 0 spiro atoms. The quantitative estimate of drug-likeness (QED) is 0.401. The zero-order valence-corrected chi connectivity index (χ0v) is 17.6. The van der Waals surface area contributed by atoms with Crippen molar-refractivity contribution >= 4 is 11.8 Å². The number of anilines is 2. The van der Waals surface area contributed by atoms with Crippen molar-refractivity contribution in [2.24, 2.45) is 0 Å². The summed E-state index contributed by atoms with van der Waals surface area (Å²) >= 11 is 0. The van der Waals surface area contributed by atoms with Crippen LogP contribution in [0.15, 0.2) is 6.07 Å². The molecule has 0 atom stereocenters. The molecule has 0 unspecified atom stereocenters.